The molecule has 3 aromatic carbocycles. The van der Waals surface area contributed by atoms with E-state index in [0.29, 0.717) is 41.5 Å². The zero-order valence-corrected chi connectivity index (χ0v) is 21.8. The number of hydrogen-bond acceptors (Lipinski definition) is 3. The number of sulfonamides is 1. The second-order valence-electron chi connectivity index (χ2n) is 8.87. The number of nitrogens with zero attached hydrogens (tertiary/aromatic N) is 1. The third kappa shape index (κ3) is 6.25. The summed E-state index contributed by atoms with van der Waals surface area (Å²) in [5.41, 5.74) is 3.67. The van der Waals surface area contributed by atoms with E-state index in [1.54, 1.807) is 18.2 Å². The quantitative estimate of drug-likeness (QED) is 0.422. The van der Waals surface area contributed by atoms with Gasteiger partial charge in [0.2, 0.25) is 15.9 Å². The highest BCUT2D eigenvalue weighted by atomic mass is 35.5. The first-order valence-corrected chi connectivity index (χ1v) is 13.9. The normalized spacial score (nSPS) is 16.1. The van der Waals surface area contributed by atoms with E-state index in [4.69, 9.17) is 23.2 Å². The maximum Gasteiger partial charge on any atom is 0.223 e. The van der Waals surface area contributed by atoms with Crippen molar-refractivity contribution >= 4 is 39.1 Å². The van der Waals surface area contributed by atoms with Crippen molar-refractivity contribution in [1.82, 2.24) is 9.62 Å². The van der Waals surface area contributed by atoms with Gasteiger partial charge in [-0.15, -0.1) is 0 Å². The van der Waals surface area contributed by atoms with E-state index in [2.05, 4.69) is 5.32 Å². The summed E-state index contributed by atoms with van der Waals surface area (Å²) in [7, 11) is -3.56. The fraction of sp³-hybridized carbons (Fsp3) is 0.296. The minimum atomic E-state index is -3.56. The Labute approximate surface area is 217 Å². The van der Waals surface area contributed by atoms with Gasteiger partial charge in [-0.2, -0.15) is 0 Å². The third-order valence-corrected chi connectivity index (χ3v) is 8.90. The number of piperidine rings is 1. The standard InChI is InChI=1S/C27H28Cl2N2O3S/c1-19-7-5-6-10-24(19)26(20-8-3-2-4-9-20)30-27(32)21-13-15-31(16-14-21)35(33,34)18-22-11-12-23(28)17-25(22)29/h2-12,17,21,26H,13-16,18H2,1H3,(H,30,32)/t26-/m1/s1. The molecule has 8 heteroatoms. The van der Waals surface area contributed by atoms with Gasteiger partial charge in [0.25, 0.3) is 0 Å². The molecule has 184 valence electrons. The van der Waals surface area contributed by atoms with E-state index < -0.39 is 10.0 Å². The fourth-order valence-electron chi connectivity index (χ4n) is 4.48. The molecular weight excluding hydrogens is 503 g/mol. The molecule has 0 unspecified atom stereocenters. The van der Waals surface area contributed by atoms with Gasteiger partial charge in [-0.1, -0.05) is 83.9 Å². The Kier molecular flexibility index (Phi) is 8.17. The van der Waals surface area contributed by atoms with E-state index >= 15 is 0 Å². The third-order valence-electron chi connectivity index (χ3n) is 6.49. The number of amides is 1. The average Bonchev–Trinajstić information content (AvgIpc) is 2.85. The summed E-state index contributed by atoms with van der Waals surface area (Å²) in [5.74, 6) is -0.501. The van der Waals surface area contributed by atoms with E-state index in [9.17, 15) is 13.2 Å². The van der Waals surface area contributed by atoms with Gasteiger partial charge < -0.3 is 5.32 Å². The molecule has 1 aliphatic heterocycles. The zero-order chi connectivity index (χ0) is 25.0. The van der Waals surface area contributed by atoms with Crippen LogP contribution in [0.1, 0.15) is 41.1 Å². The number of carbonyl (C=O) groups is 1. The highest BCUT2D eigenvalue weighted by Crippen LogP contribution is 2.29. The second-order valence-corrected chi connectivity index (χ2v) is 11.7. The Balaban J connectivity index is 1.43. The Morgan fingerprint density at radius 1 is 1.00 bits per heavy atom. The summed E-state index contributed by atoms with van der Waals surface area (Å²) in [6.07, 6.45) is 0.934. The summed E-state index contributed by atoms with van der Waals surface area (Å²) in [5, 5.41) is 4.02. The smallest absolute Gasteiger partial charge is 0.223 e. The zero-order valence-electron chi connectivity index (χ0n) is 19.5. The number of halogens is 2. The number of carbonyl (C=O) groups excluding carboxylic acids is 1. The van der Waals surface area contributed by atoms with Gasteiger partial charge >= 0.3 is 0 Å². The van der Waals surface area contributed by atoms with Gasteiger partial charge in [-0.3, -0.25) is 4.79 Å². The van der Waals surface area contributed by atoms with Crippen LogP contribution in [0, 0.1) is 12.8 Å². The lowest BCUT2D eigenvalue weighted by molar-refractivity contribution is -0.126. The molecule has 1 fully saturated rings. The summed E-state index contributed by atoms with van der Waals surface area (Å²) >= 11 is 12.1. The maximum absolute atomic E-state index is 13.3. The van der Waals surface area contributed by atoms with Gasteiger partial charge in [0, 0.05) is 29.1 Å². The van der Waals surface area contributed by atoms with Crippen molar-refractivity contribution in [3.8, 4) is 0 Å². The van der Waals surface area contributed by atoms with Gasteiger partial charge in [-0.05, 0) is 54.2 Å². The molecular formula is C27H28Cl2N2O3S. The summed E-state index contributed by atoms with van der Waals surface area (Å²) < 4.78 is 27.4. The van der Waals surface area contributed by atoms with E-state index in [0.717, 1.165) is 16.7 Å². The summed E-state index contributed by atoms with van der Waals surface area (Å²) in [6.45, 7) is 2.63. The van der Waals surface area contributed by atoms with Crippen molar-refractivity contribution < 1.29 is 13.2 Å². The molecule has 0 aromatic heterocycles. The fourth-order valence-corrected chi connectivity index (χ4v) is 6.63. The molecule has 0 spiro atoms. The van der Waals surface area contributed by atoms with E-state index in [-0.39, 0.29) is 23.6 Å². The Morgan fingerprint density at radius 2 is 1.66 bits per heavy atom. The molecule has 0 bridgehead atoms. The number of aryl methyl sites for hydroxylation is 1. The first-order chi connectivity index (χ1) is 16.7. The summed E-state index contributed by atoms with van der Waals surface area (Å²) in [6, 6.07) is 22.5. The van der Waals surface area contributed by atoms with Gasteiger partial charge in [0.1, 0.15) is 0 Å². The van der Waals surface area contributed by atoms with Crippen LogP contribution in [-0.2, 0) is 20.6 Å². The van der Waals surface area contributed by atoms with Crippen LogP contribution in [0.15, 0.2) is 72.8 Å². The van der Waals surface area contributed by atoms with Crippen LogP contribution < -0.4 is 5.32 Å². The minimum Gasteiger partial charge on any atom is -0.345 e. The van der Waals surface area contributed by atoms with Crippen molar-refractivity contribution in [2.24, 2.45) is 5.92 Å². The topological polar surface area (TPSA) is 66.5 Å². The van der Waals surface area contributed by atoms with Crippen molar-refractivity contribution in [2.75, 3.05) is 13.1 Å². The van der Waals surface area contributed by atoms with Crippen LogP contribution in [0.3, 0.4) is 0 Å². The molecule has 0 aliphatic carbocycles. The average molecular weight is 532 g/mol. The first kappa shape index (κ1) is 25.7. The molecule has 1 aliphatic rings. The van der Waals surface area contributed by atoms with Crippen LogP contribution in [0.4, 0.5) is 0 Å². The first-order valence-electron chi connectivity index (χ1n) is 11.6. The van der Waals surface area contributed by atoms with Crippen LogP contribution in [0.2, 0.25) is 10.0 Å². The lowest BCUT2D eigenvalue weighted by Crippen LogP contribution is -2.44. The van der Waals surface area contributed by atoms with Gasteiger partial charge in [0.15, 0.2) is 0 Å². The van der Waals surface area contributed by atoms with Crippen molar-refractivity contribution in [3.05, 3.63) is 105 Å². The van der Waals surface area contributed by atoms with Crippen molar-refractivity contribution in [2.45, 2.75) is 31.6 Å². The van der Waals surface area contributed by atoms with Crippen molar-refractivity contribution in [1.29, 1.82) is 0 Å². The molecule has 0 radical (unpaired) electrons. The number of benzene rings is 3. The van der Waals surface area contributed by atoms with Crippen LogP contribution >= 0.6 is 23.2 Å². The highest BCUT2D eigenvalue weighted by molar-refractivity contribution is 7.88. The Bertz CT molecular complexity index is 1290. The lowest BCUT2D eigenvalue weighted by atomic mass is 9.92. The molecule has 1 atom stereocenters. The van der Waals surface area contributed by atoms with E-state index in [1.165, 1.54) is 4.31 Å². The molecule has 4 rings (SSSR count). The Morgan fingerprint density at radius 3 is 2.31 bits per heavy atom. The SMILES string of the molecule is Cc1ccccc1[C@H](NC(=O)C1CCN(S(=O)(=O)Cc2ccc(Cl)cc2Cl)CC1)c1ccccc1. The molecule has 1 N–H and O–H groups in total. The largest absolute Gasteiger partial charge is 0.345 e. The molecule has 35 heavy (non-hydrogen) atoms. The van der Waals surface area contributed by atoms with Gasteiger partial charge in [-0.25, -0.2) is 12.7 Å². The lowest BCUT2D eigenvalue weighted by Gasteiger charge is -2.32. The van der Waals surface area contributed by atoms with Gasteiger partial charge in [0.05, 0.1) is 11.8 Å². The molecule has 1 heterocycles. The molecule has 0 saturated carbocycles. The van der Waals surface area contributed by atoms with E-state index in [1.807, 2.05) is 61.5 Å². The number of rotatable bonds is 7. The number of hydrogen-bond donors (Lipinski definition) is 1. The monoisotopic (exact) mass is 530 g/mol. The van der Waals surface area contributed by atoms with Crippen LogP contribution in [0.5, 0.6) is 0 Å². The number of nitrogens with one attached hydrogen (secondary N) is 1. The van der Waals surface area contributed by atoms with Crippen LogP contribution in [-0.4, -0.2) is 31.7 Å². The maximum atomic E-state index is 13.3. The second kappa shape index (κ2) is 11.1. The predicted molar refractivity (Wildman–Crippen MR) is 141 cm³/mol. The molecule has 1 amide bonds. The molecule has 5 nitrogen and oxygen atoms in total. The van der Waals surface area contributed by atoms with Crippen LogP contribution in [0.25, 0.3) is 0 Å². The molecule has 1 saturated heterocycles. The van der Waals surface area contributed by atoms with Crippen molar-refractivity contribution in [3.63, 3.8) is 0 Å². The highest BCUT2D eigenvalue weighted by Gasteiger charge is 2.32. The predicted octanol–water partition coefficient (Wildman–Crippen LogP) is 5.75. The molecule has 3 aromatic rings. The minimum absolute atomic E-state index is 0.0556. The Hall–Kier alpha value is -2.38. The summed E-state index contributed by atoms with van der Waals surface area (Å²) in [4.78, 5) is 13.3.